The first-order valence-corrected chi connectivity index (χ1v) is 10.3. The topological polar surface area (TPSA) is 64.7 Å². The number of anilines is 1. The zero-order valence-electron chi connectivity index (χ0n) is 15.1. The van der Waals surface area contributed by atoms with Crippen LogP contribution in [0.2, 0.25) is 15.1 Å². The van der Waals surface area contributed by atoms with Crippen LogP contribution in [-0.4, -0.2) is 25.5 Å². The fraction of sp³-hybridized carbons (Fsp3) is 0.278. The molecule has 1 N–H and O–H groups in total. The quantitative estimate of drug-likeness (QED) is 0.481. The van der Waals surface area contributed by atoms with Gasteiger partial charge in [0.25, 0.3) is 0 Å². The van der Waals surface area contributed by atoms with Gasteiger partial charge in [0.15, 0.2) is 5.82 Å². The predicted molar refractivity (Wildman–Crippen MR) is 115 cm³/mol. The highest BCUT2D eigenvalue weighted by molar-refractivity contribution is 9.10. The lowest BCUT2D eigenvalue weighted by Crippen LogP contribution is -2.16. The first-order valence-electron chi connectivity index (χ1n) is 8.41. The third-order valence-electron chi connectivity index (χ3n) is 4.20. The number of amides is 1. The molecule has 0 spiro atoms. The number of aryl methyl sites for hydroxylation is 2. The molecule has 148 valence electrons. The number of nitrogens with zero attached hydrogens (tertiary/aromatic N) is 4. The third kappa shape index (κ3) is 4.71. The molecule has 0 fully saturated rings. The molecule has 10 heteroatoms. The van der Waals surface area contributed by atoms with Crippen LogP contribution in [0, 0.1) is 13.8 Å². The molecule has 0 unspecified atom stereocenters. The van der Waals surface area contributed by atoms with E-state index in [1.54, 1.807) is 33.8 Å². The molecule has 0 aliphatic carbocycles. The van der Waals surface area contributed by atoms with Gasteiger partial charge >= 0.3 is 0 Å². The summed E-state index contributed by atoms with van der Waals surface area (Å²) < 4.78 is 4.33. The van der Waals surface area contributed by atoms with Crippen molar-refractivity contribution in [2.24, 2.45) is 0 Å². The van der Waals surface area contributed by atoms with E-state index in [4.69, 9.17) is 34.8 Å². The maximum absolute atomic E-state index is 12.3. The Hall–Kier alpha value is -1.54. The maximum atomic E-state index is 12.3. The van der Waals surface area contributed by atoms with Gasteiger partial charge in [0.1, 0.15) is 5.02 Å². The highest BCUT2D eigenvalue weighted by Crippen LogP contribution is 2.27. The van der Waals surface area contributed by atoms with Gasteiger partial charge in [-0.1, -0.05) is 40.9 Å². The van der Waals surface area contributed by atoms with Gasteiger partial charge in [-0.2, -0.15) is 10.2 Å². The molecule has 1 aromatic carbocycles. The molecule has 2 heterocycles. The van der Waals surface area contributed by atoms with Gasteiger partial charge in [0.2, 0.25) is 5.91 Å². The van der Waals surface area contributed by atoms with Gasteiger partial charge in [0.05, 0.1) is 23.3 Å². The highest BCUT2D eigenvalue weighted by Gasteiger charge is 2.14. The van der Waals surface area contributed by atoms with Crippen LogP contribution in [0.1, 0.15) is 23.4 Å². The van der Waals surface area contributed by atoms with Gasteiger partial charge in [-0.25, -0.2) is 0 Å². The van der Waals surface area contributed by atoms with E-state index >= 15 is 0 Å². The number of hydrogen-bond acceptors (Lipinski definition) is 3. The van der Waals surface area contributed by atoms with E-state index < -0.39 is 0 Å². The smallest absolute Gasteiger partial charge is 0.227 e. The average molecular weight is 506 g/mol. The number of hydrogen-bond donors (Lipinski definition) is 1. The minimum Gasteiger partial charge on any atom is -0.308 e. The average Bonchev–Trinajstić information content (AvgIpc) is 3.10. The second-order valence-electron chi connectivity index (χ2n) is 6.23. The van der Waals surface area contributed by atoms with Crippen molar-refractivity contribution in [1.29, 1.82) is 0 Å². The largest absolute Gasteiger partial charge is 0.308 e. The van der Waals surface area contributed by atoms with Gasteiger partial charge in [-0.05, 0) is 41.9 Å². The maximum Gasteiger partial charge on any atom is 0.227 e. The van der Waals surface area contributed by atoms with E-state index in [2.05, 4.69) is 31.4 Å². The molecule has 0 saturated heterocycles. The monoisotopic (exact) mass is 503 g/mol. The first kappa shape index (κ1) is 21.2. The second-order valence-corrected chi connectivity index (χ2v) is 8.24. The van der Waals surface area contributed by atoms with Crippen LogP contribution in [0.15, 0.2) is 28.9 Å². The molecule has 1 amide bonds. The molecule has 0 aliphatic heterocycles. The number of nitrogens with one attached hydrogen (secondary N) is 1. The Labute approximate surface area is 185 Å². The van der Waals surface area contributed by atoms with E-state index in [1.807, 2.05) is 13.8 Å². The lowest BCUT2D eigenvalue weighted by molar-refractivity contribution is -0.116. The molecule has 3 rings (SSSR count). The van der Waals surface area contributed by atoms with E-state index in [0.29, 0.717) is 34.0 Å². The Kier molecular flexibility index (Phi) is 6.70. The van der Waals surface area contributed by atoms with Gasteiger partial charge < -0.3 is 5.32 Å². The Bertz CT molecular complexity index is 1010. The summed E-state index contributed by atoms with van der Waals surface area (Å²) in [6.45, 7) is 4.65. The van der Waals surface area contributed by atoms with Crippen LogP contribution in [0.25, 0.3) is 0 Å². The minimum absolute atomic E-state index is 0.202. The Morgan fingerprint density at radius 2 is 1.82 bits per heavy atom. The van der Waals surface area contributed by atoms with Crippen LogP contribution in [-0.2, 0) is 17.9 Å². The van der Waals surface area contributed by atoms with Crippen LogP contribution in [0.3, 0.4) is 0 Å². The van der Waals surface area contributed by atoms with Crippen LogP contribution in [0.5, 0.6) is 0 Å². The molecule has 0 radical (unpaired) electrons. The number of rotatable bonds is 6. The predicted octanol–water partition coefficient (Wildman–Crippen LogP) is 5.50. The van der Waals surface area contributed by atoms with Gasteiger partial charge in [-0.3, -0.25) is 14.2 Å². The number of aromatic nitrogens is 4. The summed E-state index contributed by atoms with van der Waals surface area (Å²) in [5.41, 5.74) is 2.60. The Balaban J connectivity index is 1.64. The molecule has 0 bridgehead atoms. The number of halogens is 4. The van der Waals surface area contributed by atoms with Crippen molar-refractivity contribution in [3.05, 3.63) is 60.9 Å². The highest BCUT2D eigenvalue weighted by atomic mass is 79.9. The number of benzene rings is 1. The summed E-state index contributed by atoms with van der Waals surface area (Å²) in [5.74, 6) is 0.0935. The van der Waals surface area contributed by atoms with Gasteiger partial charge in [0, 0.05) is 33.9 Å². The molecule has 3 aromatic rings. The standard InChI is InChI=1S/C18H17BrCl3N5O/c1-10-17(19)11(2)27(24-10)7-6-16(28)23-18-15(22)9-26(25-18)8-12-13(20)4-3-5-14(12)21/h3-5,9H,6-8H2,1-2H3,(H,23,25,28). The van der Waals surface area contributed by atoms with Crippen molar-refractivity contribution in [3.8, 4) is 0 Å². The van der Waals surface area contributed by atoms with Crippen molar-refractivity contribution < 1.29 is 4.79 Å². The summed E-state index contributed by atoms with van der Waals surface area (Å²) in [4.78, 5) is 12.3. The molecule has 0 saturated carbocycles. The lowest BCUT2D eigenvalue weighted by Gasteiger charge is -2.07. The molecular formula is C18H17BrCl3N5O. The molecule has 0 atom stereocenters. The molecule has 28 heavy (non-hydrogen) atoms. The van der Waals surface area contributed by atoms with Crippen molar-refractivity contribution in [1.82, 2.24) is 19.6 Å². The van der Waals surface area contributed by atoms with E-state index in [1.165, 1.54) is 0 Å². The normalized spacial score (nSPS) is 11.1. The van der Waals surface area contributed by atoms with Crippen LogP contribution < -0.4 is 5.32 Å². The van der Waals surface area contributed by atoms with Crippen molar-refractivity contribution in [3.63, 3.8) is 0 Å². The molecule has 6 nitrogen and oxygen atoms in total. The fourth-order valence-corrected chi connectivity index (χ4v) is 3.70. The lowest BCUT2D eigenvalue weighted by atomic mass is 10.2. The summed E-state index contributed by atoms with van der Waals surface area (Å²) >= 11 is 22.1. The SMILES string of the molecule is Cc1nn(CCC(=O)Nc2nn(Cc3c(Cl)cccc3Cl)cc2Cl)c(C)c1Br. The van der Waals surface area contributed by atoms with E-state index in [-0.39, 0.29) is 12.3 Å². The molecular weight excluding hydrogens is 488 g/mol. The fourth-order valence-electron chi connectivity index (χ4n) is 2.70. The van der Waals surface area contributed by atoms with Crippen molar-refractivity contribution in [2.45, 2.75) is 33.4 Å². The summed E-state index contributed by atoms with van der Waals surface area (Å²) in [6.07, 6.45) is 1.86. The minimum atomic E-state index is -0.202. The number of carbonyl (C=O) groups excluding carboxylic acids is 1. The van der Waals surface area contributed by atoms with E-state index in [9.17, 15) is 4.79 Å². The molecule has 2 aromatic heterocycles. The summed E-state index contributed by atoms with van der Waals surface area (Å²) in [6, 6.07) is 5.29. The number of carbonyl (C=O) groups is 1. The van der Waals surface area contributed by atoms with Crippen molar-refractivity contribution >= 4 is 62.5 Å². The summed E-state index contributed by atoms with van der Waals surface area (Å²) in [7, 11) is 0. The molecule has 0 aliphatic rings. The van der Waals surface area contributed by atoms with Crippen molar-refractivity contribution in [2.75, 3.05) is 5.32 Å². The van der Waals surface area contributed by atoms with Crippen LogP contribution >= 0.6 is 50.7 Å². The zero-order chi connectivity index (χ0) is 20.4. The third-order valence-corrected chi connectivity index (χ3v) is 6.33. The Morgan fingerprint density at radius 3 is 2.43 bits per heavy atom. The second kappa shape index (κ2) is 8.86. The van der Waals surface area contributed by atoms with Crippen LogP contribution in [0.4, 0.5) is 5.82 Å². The summed E-state index contributed by atoms with van der Waals surface area (Å²) in [5, 5.41) is 12.9. The first-order chi connectivity index (χ1) is 13.3. The van der Waals surface area contributed by atoms with E-state index in [0.717, 1.165) is 21.4 Å². The Morgan fingerprint density at radius 1 is 1.14 bits per heavy atom. The zero-order valence-corrected chi connectivity index (χ0v) is 19.0. The van der Waals surface area contributed by atoms with Gasteiger partial charge in [-0.15, -0.1) is 0 Å².